The summed E-state index contributed by atoms with van der Waals surface area (Å²) in [5.41, 5.74) is 15.2. The van der Waals surface area contributed by atoms with Crippen molar-refractivity contribution >= 4 is 29.6 Å². The minimum Gasteiger partial charge on any atom is -0.320 e. The second kappa shape index (κ2) is 9.20. The molecule has 1 unspecified atom stereocenters. The van der Waals surface area contributed by atoms with Gasteiger partial charge < -0.3 is 4.57 Å². The Kier molecular flexibility index (Phi) is 5.50. The fraction of sp³-hybridized carbons (Fsp3) is 0.278. The van der Waals surface area contributed by atoms with Crippen LogP contribution in [0.1, 0.15) is 78.9 Å². The largest absolute Gasteiger partial charge is 0.320 e. The highest BCUT2D eigenvalue weighted by atomic mass is 32.2. The minimum absolute atomic E-state index is 0.542. The van der Waals surface area contributed by atoms with Gasteiger partial charge in [0.25, 0.3) is 0 Å². The number of aromatic nitrogens is 1. The third-order valence-corrected chi connectivity index (χ3v) is 10.5. The normalized spacial score (nSPS) is 23.2. The third-order valence-electron chi connectivity index (χ3n) is 9.23. The Bertz CT molecular complexity index is 1610. The molecule has 1 aromatic heterocycles. The monoisotopic (exact) mass is 511 g/mol. The number of hydrogen-bond donors (Lipinski definition) is 0. The number of fused-ring (bicyclic) bond motifs is 6. The van der Waals surface area contributed by atoms with Gasteiger partial charge in [-0.15, -0.1) is 0 Å². The minimum atomic E-state index is 0.542. The maximum absolute atomic E-state index is 2.68. The lowest BCUT2D eigenvalue weighted by atomic mass is 9.81. The Morgan fingerprint density at radius 2 is 1.53 bits per heavy atom. The van der Waals surface area contributed by atoms with Crippen molar-refractivity contribution in [3.05, 3.63) is 128 Å². The molecule has 0 amide bonds. The zero-order valence-corrected chi connectivity index (χ0v) is 22.7. The van der Waals surface area contributed by atoms with E-state index in [-0.39, 0.29) is 0 Å². The molecule has 1 aliphatic heterocycles. The first-order valence-electron chi connectivity index (χ1n) is 14.4. The Morgan fingerprint density at radius 3 is 2.42 bits per heavy atom. The van der Waals surface area contributed by atoms with Gasteiger partial charge in [0.2, 0.25) is 0 Å². The molecule has 8 rings (SSSR count). The van der Waals surface area contributed by atoms with Gasteiger partial charge in [-0.3, -0.25) is 0 Å². The summed E-state index contributed by atoms with van der Waals surface area (Å²) in [6.07, 6.45) is 34.3. The van der Waals surface area contributed by atoms with Crippen LogP contribution in [-0.4, -0.2) is 4.57 Å². The van der Waals surface area contributed by atoms with Gasteiger partial charge in [0.05, 0.1) is 0 Å². The Morgan fingerprint density at radius 1 is 0.684 bits per heavy atom. The highest BCUT2D eigenvalue weighted by Crippen LogP contribution is 2.54. The number of benzene rings is 1. The van der Waals surface area contributed by atoms with E-state index in [1.165, 1.54) is 50.6 Å². The van der Waals surface area contributed by atoms with E-state index in [1.54, 1.807) is 28.1 Å². The molecule has 0 N–H and O–H groups in total. The van der Waals surface area contributed by atoms with E-state index in [1.807, 2.05) is 11.8 Å². The number of nitrogens with zero attached hydrogens (tertiary/aromatic N) is 1. The van der Waals surface area contributed by atoms with Crippen LogP contribution >= 0.6 is 11.8 Å². The average molecular weight is 512 g/mol. The molecular formula is C36H33NS. The van der Waals surface area contributed by atoms with Crippen LogP contribution in [0.2, 0.25) is 0 Å². The van der Waals surface area contributed by atoms with Crippen LogP contribution in [0.4, 0.5) is 0 Å². The molecule has 0 saturated carbocycles. The molecule has 2 heterocycles. The van der Waals surface area contributed by atoms with E-state index in [2.05, 4.69) is 89.6 Å². The molecule has 0 fully saturated rings. The molecule has 1 nitrogen and oxygen atoms in total. The van der Waals surface area contributed by atoms with Gasteiger partial charge in [-0.2, -0.15) is 0 Å². The zero-order valence-electron chi connectivity index (χ0n) is 21.9. The first kappa shape index (κ1) is 22.7. The van der Waals surface area contributed by atoms with Gasteiger partial charge in [0, 0.05) is 39.0 Å². The molecule has 0 spiro atoms. The van der Waals surface area contributed by atoms with Crippen LogP contribution in [-0.2, 0) is 12.8 Å². The first-order valence-corrected chi connectivity index (χ1v) is 15.2. The van der Waals surface area contributed by atoms with Crippen LogP contribution in [0, 0.1) is 0 Å². The number of allylic oxidation sites excluding steroid dienone is 14. The molecule has 0 saturated heterocycles. The third kappa shape index (κ3) is 3.68. The Balaban J connectivity index is 1.15. The van der Waals surface area contributed by atoms with Gasteiger partial charge in [0.1, 0.15) is 0 Å². The van der Waals surface area contributed by atoms with Gasteiger partial charge in [-0.05, 0) is 109 Å². The molecule has 0 bridgehead atoms. The standard InChI is InChI=1S/C36H33NS/c1-2-8-24(9-3-1)25-14-18-28(19-15-25)37-33-12-6-4-10-29(33)31-22-26(16-20-34(31)37)27-17-21-36-32(23-27)30-11-5-7-13-35(30)38-36/h1-2,4-5,7-8,10-11,13-14,17-18,21-22,32H,3,6,9,12,15-16,19-20,23H2. The summed E-state index contributed by atoms with van der Waals surface area (Å²) in [4.78, 5) is 2.97. The van der Waals surface area contributed by atoms with E-state index >= 15 is 0 Å². The number of thioether (sulfide) groups is 1. The zero-order chi connectivity index (χ0) is 25.1. The van der Waals surface area contributed by atoms with Crippen molar-refractivity contribution in [2.75, 3.05) is 0 Å². The molecule has 6 aliphatic rings. The Hall–Kier alpha value is -3.23. The summed E-state index contributed by atoms with van der Waals surface area (Å²) in [5, 5.41) is 0. The molecule has 2 heteroatoms. The van der Waals surface area contributed by atoms with Crippen LogP contribution in [0.25, 0.3) is 17.8 Å². The Labute approximate surface area is 230 Å². The highest BCUT2D eigenvalue weighted by molar-refractivity contribution is 8.03. The van der Waals surface area contributed by atoms with Gasteiger partial charge in [0.15, 0.2) is 0 Å². The van der Waals surface area contributed by atoms with Gasteiger partial charge >= 0.3 is 0 Å². The van der Waals surface area contributed by atoms with Crippen molar-refractivity contribution in [1.29, 1.82) is 0 Å². The van der Waals surface area contributed by atoms with Gasteiger partial charge in [-0.1, -0.05) is 78.6 Å². The number of hydrogen-bond acceptors (Lipinski definition) is 1. The van der Waals surface area contributed by atoms with Crippen LogP contribution < -0.4 is 0 Å². The van der Waals surface area contributed by atoms with E-state index in [4.69, 9.17) is 0 Å². The van der Waals surface area contributed by atoms with Crippen molar-refractivity contribution in [2.45, 2.75) is 68.6 Å². The topological polar surface area (TPSA) is 4.93 Å². The van der Waals surface area contributed by atoms with E-state index in [0.717, 1.165) is 44.9 Å². The maximum Gasteiger partial charge on any atom is 0.0308 e. The van der Waals surface area contributed by atoms with Crippen LogP contribution in [0.3, 0.4) is 0 Å². The molecule has 1 aromatic carbocycles. The molecule has 188 valence electrons. The summed E-state index contributed by atoms with van der Waals surface area (Å²) in [6.45, 7) is 0. The van der Waals surface area contributed by atoms with Crippen molar-refractivity contribution in [1.82, 2.24) is 4.57 Å². The molecule has 38 heavy (non-hydrogen) atoms. The van der Waals surface area contributed by atoms with Crippen LogP contribution in [0.5, 0.6) is 0 Å². The fourth-order valence-electron chi connectivity index (χ4n) is 7.31. The predicted molar refractivity (Wildman–Crippen MR) is 162 cm³/mol. The summed E-state index contributed by atoms with van der Waals surface area (Å²) in [7, 11) is 0. The lowest BCUT2D eigenvalue weighted by Crippen LogP contribution is -2.12. The fourth-order valence-corrected chi connectivity index (χ4v) is 8.53. The average Bonchev–Trinajstić information content (AvgIpc) is 3.53. The molecule has 1 atom stereocenters. The summed E-state index contributed by atoms with van der Waals surface area (Å²) >= 11 is 1.97. The highest BCUT2D eigenvalue weighted by Gasteiger charge is 2.33. The van der Waals surface area contributed by atoms with Crippen molar-refractivity contribution in [3.63, 3.8) is 0 Å². The van der Waals surface area contributed by atoms with Gasteiger partial charge in [-0.25, -0.2) is 0 Å². The lowest BCUT2D eigenvalue weighted by molar-refractivity contribution is 0.761. The molecule has 2 aromatic rings. The maximum atomic E-state index is 2.68. The van der Waals surface area contributed by atoms with Crippen molar-refractivity contribution < 1.29 is 0 Å². The quantitative estimate of drug-likeness (QED) is 0.397. The summed E-state index contributed by atoms with van der Waals surface area (Å²) in [5.74, 6) is 0.542. The first-order chi connectivity index (χ1) is 18.8. The van der Waals surface area contributed by atoms with Crippen LogP contribution in [0.15, 0.2) is 105 Å². The lowest BCUT2D eigenvalue weighted by Gasteiger charge is -2.25. The van der Waals surface area contributed by atoms with E-state index in [0.29, 0.717) is 5.92 Å². The second-order valence-electron chi connectivity index (χ2n) is 11.3. The van der Waals surface area contributed by atoms with E-state index < -0.39 is 0 Å². The molecular weight excluding hydrogens is 478 g/mol. The SMILES string of the molecule is C1=CCCC(C2=CC=C(n3c4c(c5c3CCC(C3=CC=C6Sc7ccccc7C6C3)=C5)C=CCC4)CC2)=C1. The molecule has 5 aliphatic carbocycles. The second-order valence-corrected chi connectivity index (χ2v) is 12.4. The van der Waals surface area contributed by atoms with Crippen molar-refractivity contribution in [2.24, 2.45) is 0 Å². The van der Waals surface area contributed by atoms with Crippen molar-refractivity contribution in [3.8, 4) is 0 Å². The van der Waals surface area contributed by atoms with E-state index in [9.17, 15) is 0 Å². The predicted octanol–water partition coefficient (Wildman–Crippen LogP) is 9.72. The summed E-state index contributed by atoms with van der Waals surface area (Å²) < 4.78 is 2.68. The number of rotatable bonds is 3. The smallest absolute Gasteiger partial charge is 0.0308 e. The molecule has 0 radical (unpaired) electrons. The summed E-state index contributed by atoms with van der Waals surface area (Å²) in [6, 6.07) is 9.00.